The van der Waals surface area contributed by atoms with Crippen LogP contribution in [-0.2, 0) is 4.79 Å². The monoisotopic (exact) mass is 309 g/mol. The number of anilines is 1. The molecule has 0 saturated heterocycles. The van der Waals surface area contributed by atoms with Crippen LogP contribution in [0.1, 0.15) is 25.8 Å². The molecule has 0 radical (unpaired) electrons. The number of aromatic amines is 1. The summed E-state index contributed by atoms with van der Waals surface area (Å²) >= 11 is 1.35. The van der Waals surface area contributed by atoms with E-state index in [1.54, 1.807) is 6.33 Å². The number of rotatable bonds is 7. The van der Waals surface area contributed by atoms with Gasteiger partial charge in [0.25, 0.3) is 0 Å². The Labute approximate surface area is 124 Å². The Morgan fingerprint density at radius 3 is 3.24 bits per heavy atom. The Kier molecular flexibility index (Phi) is 4.04. The largest absolute Gasteiger partial charge is 0.463 e. The van der Waals surface area contributed by atoms with E-state index < -0.39 is 0 Å². The molecule has 2 aromatic rings. The molecule has 2 aromatic heterocycles. The van der Waals surface area contributed by atoms with Gasteiger partial charge in [-0.3, -0.25) is 10.1 Å². The third-order valence-corrected chi connectivity index (χ3v) is 3.77. The van der Waals surface area contributed by atoms with E-state index in [1.165, 1.54) is 11.8 Å². The number of carbonyl (C=O) groups is 1. The molecule has 1 aliphatic carbocycles. The quantitative estimate of drug-likeness (QED) is 0.730. The average Bonchev–Trinajstić information content (AvgIpc) is 3.04. The van der Waals surface area contributed by atoms with Gasteiger partial charge in [0.2, 0.25) is 11.9 Å². The first-order chi connectivity index (χ1) is 10.3. The van der Waals surface area contributed by atoms with Gasteiger partial charge in [-0.2, -0.15) is 4.98 Å². The second-order valence-electron chi connectivity index (χ2n) is 4.49. The van der Waals surface area contributed by atoms with Crippen molar-refractivity contribution in [3.8, 4) is 6.01 Å². The van der Waals surface area contributed by atoms with Crippen LogP contribution in [0.4, 0.5) is 5.95 Å². The maximum absolute atomic E-state index is 11.9. The summed E-state index contributed by atoms with van der Waals surface area (Å²) in [6, 6.07) is 0.711. The summed E-state index contributed by atoms with van der Waals surface area (Å²) in [5.41, 5.74) is 0. The Bertz CT molecular complexity index is 622. The van der Waals surface area contributed by atoms with Crippen LogP contribution >= 0.6 is 11.8 Å². The molecular formula is C11H15N7O2S. The minimum atomic E-state index is -0.190. The minimum Gasteiger partial charge on any atom is -0.463 e. The molecule has 21 heavy (non-hydrogen) atoms. The highest BCUT2D eigenvalue weighted by Crippen LogP contribution is 2.37. The van der Waals surface area contributed by atoms with Crippen molar-refractivity contribution in [2.24, 2.45) is 0 Å². The molecule has 0 atom stereocenters. The van der Waals surface area contributed by atoms with E-state index in [1.807, 2.05) is 11.5 Å². The van der Waals surface area contributed by atoms with Crippen molar-refractivity contribution < 1.29 is 9.53 Å². The number of carbonyl (C=O) groups excluding carboxylic acids is 1. The number of nitrogens with one attached hydrogen (secondary N) is 2. The van der Waals surface area contributed by atoms with E-state index in [4.69, 9.17) is 4.74 Å². The number of H-pyrrole nitrogens is 1. The van der Waals surface area contributed by atoms with Gasteiger partial charge in [-0.05, 0) is 19.8 Å². The molecule has 0 spiro atoms. The van der Waals surface area contributed by atoms with Gasteiger partial charge in [-0.15, -0.1) is 15.3 Å². The second kappa shape index (κ2) is 6.12. The van der Waals surface area contributed by atoms with E-state index in [0.29, 0.717) is 12.6 Å². The Balaban J connectivity index is 1.50. The van der Waals surface area contributed by atoms with Gasteiger partial charge in [0.15, 0.2) is 5.16 Å². The molecule has 1 fully saturated rings. The van der Waals surface area contributed by atoms with E-state index in [2.05, 4.69) is 30.7 Å². The summed E-state index contributed by atoms with van der Waals surface area (Å²) in [7, 11) is 0. The lowest BCUT2D eigenvalue weighted by Crippen LogP contribution is -2.15. The van der Waals surface area contributed by atoms with Crippen molar-refractivity contribution in [1.82, 2.24) is 29.9 Å². The van der Waals surface area contributed by atoms with Gasteiger partial charge >= 0.3 is 6.01 Å². The number of hydrogen-bond donors (Lipinski definition) is 2. The lowest BCUT2D eigenvalue weighted by Gasteiger charge is -2.03. The highest BCUT2D eigenvalue weighted by molar-refractivity contribution is 7.99. The van der Waals surface area contributed by atoms with Crippen LogP contribution in [0.25, 0.3) is 0 Å². The number of nitrogens with zero attached hydrogens (tertiary/aromatic N) is 5. The van der Waals surface area contributed by atoms with Gasteiger partial charge < -0.3 is 9.30 Å². The molecular weight excluding hydrogens is 294 g/mol. The molecule has 2 N–H and O–H groups in total. The maximum atomic E-state index is 11.9. The normalized spacial score (nSPS) is 14.1. The minimum absolute atomic E-state index is 0.190. The van der Waals surface area contributed by atoms with Crippen molar-refractivity contribution in [1.29, 1.82) is 0 Å². The van der Waals surface area contributed by atoms with E-state index in [0.717, 1.165) is 18.0 Å². The fourth-order valence-corrected chi connectivity index (χ4v) is 2.52. The van der Waals surface area contributed by atoms with Gasteiger partial charge in [-0.25, -0.2) is 5.10 Å². The summed E-state index contributed by atoms with van der Waals surface area (Å²) in [6.45, 7) is 2.30. The lowest BCUT2D eigenvalue weighted by atomic mass is 10.7. The first kappa shape index (κ1) is 13.9. The molecule has 1 aliphatic rings. The lowest BCUT2D eigenvalue weighted by molar-refractivity contribution is -0.113. The number of thioether (sulfide) groups is 1. The van der Waals surface area contributed by atoms with Crippen LogP contribution in [0.15, 0.2) is 11.5 Å². The molecule has 0 aliphatic heterocycles. The molecule has 2 heterocycles. The van der Waals surface area contributed by atoms with Gasteiger partial charge in [0, 0.05) is 6.04 Å². The van der Waals surface area contributed by atoms with E-state index in [9.17, 15) is 4.79 Å². The average molecular weight is 309 g/mol. The van der Waals surface area contributed by atoms with Gasteiger partial charge in [-0.1, -0.05) is 11.8 Å². The zero-order valence-corrected chi connectivity index (χ0v) is 12.3. The number of amides is 1. The first-order valence-electron chi connectivity index (χ1n) is 6.63. The fraction of sp³-hybridized carbons (Fsp3) is 0.545. The molecule has 3 rings (SSSR count). The van der Waals surface area contributed by atoms with Crippen molar-refractivity contribution in [2.45, 2.75) is 31.0 Å². The molecule has 0 aromatic carbocycles. The van der Waals surface area contributed by atoms with Crippen LogP contribution in [0.3, 0.4) is 0 Å². The second-order valence-corrected chi connectivity index (χ2v) is 5.43. The van der Waals surface area contributed by atoms with Crippen molar-refractivity contribution in [3.63, 3.8) is 0 Å². The molecule has 10 heteroatoms. The molecule has 1 saturated carbocycles. The van der Waals surface area contributed by atoms with Gasteiger partial charge in [0.05, 0.1) is 12.4 Å². The van der Waals surface area contributed by atoms with Crippen LogP contribution in [0.2, 0.25) is 0 Å². The van der Waals surface area contributed by atoms with Crippen LogP contribution in [0.5, 0.6) is 6.01 Å². The Hall–Kier alpha value is -2.10. The summed E-state index contributed by atoms with van der Waals surface area (Å²) < 4.78 is 7.12. The van der Waals surface area contributed by atoms with Gasteiger partial charge in [0.1, 0.15) is 6.33 Å². The molecule has 0 bridgehead atoms. The Morgan fingerprint density at radius 2 is 2.48 bits per heavy atom. The topological polar surface area (TPSA) is 111 Å². The highest BCUT2D eigenvalue weighted by atomic mass is 32.2. The summed E-state index contributed by atoms with van der Waals surface area (Å²) in [6.07, 6.45) is 4.01. The molecule has 0 unspecified atom stereocenters. The highest BCUT2D eigenvalue weighted by Gasteiger charge is 2.26. The zero-order chi connectivity index (χ0) is 14.7. The zero-order valence-electron chi connectivity index (χ0n) is 11.4. The van der Waals surface area contributed by atoms with Crippen LogP contribution < -0.4 is 10.1 Å². The smallest absolute Gasteiger partial charge is 0.337 e. The molecule has 1 amide bonds. The third kappa shape index (κ3) is 3.51. The number of hydrogen-bond acceptors (Lipinski definition) is 7. The predicted molar refractivity (Wildman–Crippen MR) is 75.2 cm³/mol. The summed E-state index contributed by atoms with van der Waals surface area (Å²) in [5, 5.41) is 17.7. The van der Waals surface area contributed by atoms with E-state index >= 15 is 0 Å². The van der Waals surface area contributed by atoms with Crippen molar-refractivity contribution >= 4 is 23.6 Å². The predicted octanol–water partition coefficient (Wildman–Crippen LogP) is 0.861. The third-order valence-electron chi connectivity index (χ3n) is 2.81. The number of ether oxygens (including phenoxy) is 1. The summed E-state index contributed by atoms with van der Waals surface area (Å²) in [5.74, 6) is 0.313. The first-order valence-corrected chi connectivity index (χ1v) is 7.62. The van der Waals surface area contributed by atoms with E-state index in [-0.39, 0.29) is 23.6 Å². The number of aromatic nitrogens is 6. The fourth-order valence-electron chi connectivity index (χ4n) is 1.73. The van der Waals surface area contributed by atoms with Crippen molar-refractivity contribution in [3.05, 3.63) is 6.33 Å². The van der Waals surface area contributed by atoms with Crippen LogP contribution in [-0.4, -0.2) is 48.2 Å². The Morgan fingerprint density at radius 1 is 1.62 bits per heavy atom. The summed E-state index contributed by atoms with van der Waals surface area (Å²) in [4.78, 5) is 15.8. The van der Waals surface area contributed by atoms with Crippen LogP contribution in [0, 0.1) is 0 Å². The standard InChI is InChI=1S/C11H15N7O2S/c1-2-20-10-14-9(15-16-10)13-8(19)5-21-11-17-12-6-18(11)7-3-4-7/h6-7H,2-5H2,1H3,(H2,13,14,15,16,19). The van der Waals surface area contributed by atoms with Crippen molar-refractivity contribution in [2.75, 3.05) is 17.7 Å². The SMILES string of the molecule is CCOc1n[nH]c(NC(=O)CSc2nncn2C2CC2)n1. The maximum Gasteiger partial charge on any atom is 0.337 e. The molecule has 9 nitrogen and oxygen atoms in total. The molecule has 112 valence electrons.